The maximum atomic E-state index is 12.3. The van der Waals surface area contributed by atoms with Crippen LogP contribution in [0.4, 0.5) is 13.2 Å². The Balaban J connectivity index is 3.30. The van der Waals surface area contributed by atoms with Crippen molar-refractivity contribution < 1.29 is 17.9 Å². The average Bonchev–Trinajstić information content (AvgIpc) is 2.53. The third kappa shape index (κ3) is 20.1. The van der Waals surface area contributed by atoms with Crippen LogP contribution in [0.5, 0.6) is 0 Å². The summed E-state index contributed by atoms with van der Waals surface area (Å²) in [4.78, 5) is 0. The quantitative estimate of drug-likeness (QED) is 0.183. The molecule has 0 radical (unpaired) electrons. The molecule has 0 amide bonds. The standard InChI is InChI=1S/C20H41F3OSi/c1-4-24-17-14-12-10-8-6-5-7-9-11-13-15-18-25(2,3)19-16-20(21,22)23/h4-19H2,1-3H3. The summed E-state index contributed by atoms with van der Waals surface area (Å²) in [5, 5.41) is 0. The lowest BCUT2D eigenvalue weighted by Gasteiger charge is -2.23. The zero-order chi connectivity index (χ0) is 19.0. The fraction of sp³-hybridized carbons (Fsp3) is 1.00. The molecule has 0 aromatic rings. The highest BCUT2D eigenvalue weighted by molar-refractivity contribution is 6.77. The summed E-state index contributed by atoms with van der Waals surface area (Å²) in [7, 11) is -1.64. The SMILES string of the molecule is CCOCCCCCCCCCCCCC[Si](C)(C)CCC(F)(F)F. The number of rotatable bonds is 17. The van der Waals surface area contributed by atoms with E-state index < -0.39 is 20.7 Å². The Morgan fingerprint density at radius 1 is 0.680 bits per heavy atom. The van der Waals surface area contributed by atoms with E-state index in [1.807, 2.05) is 6.92 Å². The number of halogens is 3. The van der Waals surface area contributed by atoms with Gasteiger partial charge < -0.3 is 4.74 Å². The van der Waals surface area contributed by atoms with Gasteiger partial charge in [0.1, 0.15) is 0 Å². The van der Waals surface area contributed by atoms with Gasteiger partial charge in [0.25, 0.3) is 0 Å². The van der Waals surface area contributed by atoms with E-state index >= 15 is 0 Å². The smallest absolute Gasteiger partial charge is 0.382 e. The van der Waals surface area contributed by atoms with E-state index in [1.165, 1.54) is 64.2 Å². The van der Waals surface area contributed by atoms with Gasteiger partial charge in [0.15, 0.2) is 0 Å². The van der Waals surface area contributed by atoms with Crippen molar-refractivity contribution in [3.05, 3.63) is 0 Å². The first-order valence-corrected chi connectivity index (χ1v) is 13.8. The summed E-state index contributed by atoms with van der Waals surface area (Å²) >= 11 is 0. The highest BCUT2D eigenvalue weighted by Crippen LogP contribution is 2.29. The second kappa shape index (κ2) is 15.1. The lowest BCUT2D eigenvalue weighted by atomic mass is 10.1. The molecule has 0 N–H and O–H groups in total. The normalized spacial score (nSPS) is 12.7. The molecule has 0 spiro atoms. The van der Waals surface area contributed by atoms with Gasteiger partial charge >= 0.3 is 6.18 Å². The number of unbranched alkanes of at least 4 members (excludes halogenated alkanes) is 10. The lowest BCUT2D eigenvalue weighted by molar-refractivity contribution is -0.130. The molecule has 0 aromatic carbocycles. The van der Waals surface area contributed by atoms with E-state index in [2.05, 4.69) is 13.1 Å². The van der Waals surface area contributed by atoms with Crippen LogP contribution in [0.1, 0.15) is 84.0 Å². The maximum absolute atomic E-state index is 12.3. The molecule has 0 fully saturated rings. The van der Waals surface area contributed by atoms with Crippen molar-refractivity contribution >= 4 is 8.07 Å². The molecule has 0 saturated heterocycles. The first-order valence-electron chi connectivity index (χ1n) is 10.4. The molecule has 0 unspecified atom stereocenters. The minimum absolute atomic E-state index is 0.390. The first kappa shape index (κ1) is 25.0. The van der Waals surface area contributed by atoms with Gasteiger partial charge in [-0.25, -0.2) is 0 Å². The molecule has 0 aliphatic rings. The van der Waals surface area contributed by atoms with Crippen molar-refractivity contribution in [3.63, 3.8) is 0 Å². The molecule has 0 atom stereocenters. The Labute approximate surface area is 155 Å². The van der Waals surface area contributed by atoms with Crippen molar-refractivity contribution in [1.29, 1.82) is 0 Å². The summed E-state index contributed by atoms with van der Waals surface area (Å²) in [5.41, 5.74) is 0. The zero-order valence-electron chi connectivity index (χ0n) is 16.9. The van der Waals surface area contributed by atoms with E-state index in [1.54, 1.807) is 0 Å². The van der Waals surface area contributed by atoms with E-state index in [4.69, 9.17) is 4.74 Å². The van der Waals surface area contributed by atoms with Crippen molar-refractivity contribution in [3.8, 4) is 0 Å². The third-order valence-electron chi connectivity index (χ3n) is 4.93. The van der Waals surface area contributed by atoms with Gasteiger partial charge in [-0.2, -0.15) is 13.2 Å². The second-order valence-electron chi connectivity index (χ2n) is 8.12. The fourth-order valence-corrected chi connectivity index (χ4v) is 5.57. The summed E-state index contributed by atoms with van der Waals surface area (Å²) in [6, 6.07) is 1.44. The number of hydrogen-bond acceptors (Lipinski definition) is 1. The van der Waals surface area contributed by atoms with Crippen LogP contribution in [0, 0.1) is 0 Å². The summed E-state index contributed by atoms with van der Waals surface area (Å²) in [6.07, 6.45) is 9.41. The Bertz CT molecular complexity index is 293. The largest absolute Gasteiger partial charge is 0.388 e. The highest BCUT2D eigenvalue weighted by Gasteiger charge is 2.31. The molecule has 0 heterocycles. The molecule has 0 aromatic heterocycles. The molecular weight excluding hydrogens is 341 g/mol. The summed E-state index contributed by atoms with van der Waals surface area (Å²) < 4.78 is 42.3. The van der Waals surface area contributed by atoms with Gasteiger partial charge in [0.05, 0.1) is 0 Å². The Morgan fingerprint density at radius 2 is 1.12 bits per heavy atom. The van der Waals surface area contributed by atoms with Gasteiger partial charge in [-0.1, -0.05) is 83.3 Å². The van der Waals surface area contributed by atoms with Gasteiger partial charge in [-0.05, 0) is 19.4 Å². The second-order valence-corrected chi connectivity index (χ2v) is 13.4. The van der Waals surface area contributed by atoms with Crippen LogP contribution in [0.15, 0.2) is 0 Å². The zero-order valence-corrected chi connectivity index (χ0v) is 17.9. The highest BCUT2D eigenvalue weighted by atomic mass is 28.3. The van der Waals surface area contributed by atoms with Gasteiger partial charge in [-0.3, -0.25) is 0 Å². The van der Waals surface area contributed by atoms with Crippen LogP contribution < -0.4 is 0 Å². The van der Waals surface area contributed by atoms with E-state index in [0.717, 1.165) is 25.7 Å². The van der Waals surface area contributed by atoms with Crippen LogP contribution in [0.3, 0.4) is 0 Å². The summed E-state index contributed by atoms with van der Waals surface area (Å²) in [5.74, 6) is 0. The molecular formula is C20H41F3OSi. The summed E-state index contributed by atoms with van der Waals surface area (Å²) in [6.45, 7) is 7.98. The van der Waals surface area contributed by atoms with Gasteiger partial charge in [-0.15, -0.1) is 0 Å². The van der Waals surface area contributed by atoms with Crippen molar-refractivity contribution in [2.75, 3.05) is 13.2 Å². The topological polar surface area (TPSA) is 9.23 Å². The van der Waals surface area contributed by atoms with E-state index in [-0.39, 0.29) is 0 Å². The van der Waals surface area contributed by atoms with Crippen LogP contribution in [-0.4, -0.2) is 27.5 Å². The Hall–Kier alpha value is -0.0331. The lowest BCUT2D eigenvalue weighted by Crippen LogP contribution is -2.27. The average molecular weight is 383 g/mol. The molecule has 5 heteroatoms. The maximum Gasteiger partial charge on any atom is 0.388 e. The number of hydrogen-bond donors (Lipinski definition) is 0. The predicted molar refractivity (Wildman–Crippen MR) is 105 cm³/mol. The number of alkyl halides is 3. The van der Waals surface area contributed by atoms with Gasteiger partial charge in [0, 0.05) is 27.7 Å². The van der Waals surface area contributed by atoms with Crippen LogP contribution in [0.2, 0.25) is 25.2 Å². The van der Waals surface area contributed by atoms with Crippen LogP contribution >= 0.6 is 0 Å². The van der Waals surface area contributed by atoms with E-state index in [9.17, 15) is 13.2 Å². The van der Waals surface area contributed by atoms with Crippen molar-refractivity contribution in [1.82, 2.24) is 0 Å². The third-order valence-corrected chi connectivity index (χ3v) is 8.24. The van der Waals surface area contributed by atoms with E-state index in [0.29, 0.717) is 6.04 Å². The Morgan fingerprint density at radius 3 is 1.56 bits per heavy atom. The molecule has 0 bridgehead atoms. The molecule has 0 rings (SSSR count). The molecule has 0 aliphatic carbocycles. The Kier molecular flexibility index (Phi) is 15.0. The number of ether oxygens (including phenoxy) is 1. The van der Waals surface area contributed by atoms with Crippen molar-refractivity contribution in [2.24, 2.45) is 0 Å². The van der Waals surface area contributed by atoms with Crippen molar-refractivity contribution in [2.45, 2.75) is 115 Å². The van der Waals surface area contributed by atoms with Crippen LogP contribution in [-0.2, 0) is 4.74 Å². The predicted octanol–water partition coefficient (Wildman–Crippen LogP) is 7.97. The molecule has 1 nitrogen and oxygen atoms in total. The minimum atomic E-state index is -3.98. The monoisotopic (exact) mass is 382 g/mol. The first-order chi connectivity index (χ1) is 11.8. The minimum Gasteiger partial charge on any atom is -0.382 e. The molecule has 0 saturated carbocycles. The fourth-order valence-electron chi connectivity index (χ4n) is 3.15. The van der Waals surface area contributed by atoms with Crippen LogP contribution in [0.25, 0.3) is 0 Å². The van der Waals surface area contributed by atoms with Gasteiger partial charge in [0.2, 0.25) is 0 Å². The molecule has 152 valence electrons. The molecule has 0 aliphatic heterocycles. The molecule has 25 heavy (non-hydrogen) atoms.